The third kappa shape index (κ3) is 3.75. The van der Waals surface area contributed by atoms with Gasteiger partial charge in [0.2, 0.25) is 0 Å². The van der Waals surface area contributed by atoms with Crippen LogP contribution < -0.4 is 10.9 Å². The summed E-state index contributed by atoms with van der Waals surface area (Å²) in [5.74, 6) is 0.272. The van der Waals surface area contributed by atoms with Crippen molar-refractivity contribution >= 4 is 5.91 Å². The Bertz CT molecular complexity index is 1130. The van der Waals surface area contributed by atoms with Crippen molar-refractivity contribution in [2.45, 2.75) is 6.54 Å². The van der Waals surface area contributed by atoms with Crippen LogP contribution in [0.15, 0.2) is 76.1 Å². The third-order valence-electron chi connectivity index (χ3n) is 4.14. The molecule has 0 bridgehead atoms. The number of H-pyrrole nitrogens is 1. The fraction of sp³-hybridized carbons (Fsp3) is 0.100. The summed E-state index contributed by atoms with van der Waals surface area (Å²) in [6, 6.07) is 17.8. The Morgan fingerprint density at radius 1 is 1.07 bits per heavy atom. The number of hydrogen-bond acceptors (Lipinski definition) is 5. The lowest BCUT2D eigenvalue weighted by molar-refractivity contribution is 0.0946. The van der Waals surface area contributed by atoms with Crippen LogP contribution in [0, 0.1) is 0 Å². The van der Waals surface area contributed by atoms with Crippen LogP contribution in [0.2, 0.25) is 0 Å². The van der Waals surface area contributed by atoms with Gasteiger partial charge < -0.3 is 9.73 Å². The van der Waals surface area contributed by atoms with Gasteiger partial charge >= 0.3 is 0 Å². The molecule has 0 unspecified atom stereocenters. The molecule has 3 heterocycles. The van der Waals surface area contributed by atoms with Gasteiger partial charge in [-0.2, -0.15) is 10.2 Å². The van der Waals surface area contributed by atoms with Gasteiger partial charge in [-0.15, -0.1) is 0 Å². The molecule has 0 saturated carbocycles. The Hall–Kier alpha value is -3.94. The van der Waals surface area contributed by atoms with Gasteiger partial charge in [0.1, 0.15) is 11.4 Å². The Balaban J connectivity index is 1.39. The van der Waals surface area contributed by atoms with Crippen LogP contribution in [0.5, 0.6) is 0 Å². The smallest absolute Gasteiger partial charge is 0.269 e. The number of aromatic amines is 1. The van der Waals surface area contributed by atoms with E-state index in [-0.39, 0.29) is 24.6 Å². The van der Waals surface area contributed by atoms with E-state index >= 15 is 0 Å². The molecule has 0 saturated heterocycles. The van der Waals surface area contributed by atoms with Crippen molar-refractivity contribution in [3.63, 3.8) is 0 Å². The van der Waals surface area contributed by atoms with E-state index in [1.165, 1.54) is 10.7 Å². The van der Waals surface area contributed by atoms with Gasteiger partial charge in [0.05, 0.1) is 18.5 Å². The molecule has 8 nitrogen and oxygen atoms in total. The van der Waals surface area contributed by atoms with E-state index in [0.717, 1.165) is 5.56 Å². The summed E-state index contributed by atoms with van der Waals surface area (Å²) in [5.41, 5.74) is 2.26. The van der Waals surface area contributed by atoms with Crippen LogP contribution in [-0.4, -0.2) is 32.4 Å². The molecule has 0 fully saturated rings. The summed E-state index contributed by atoms with van der Waals surface area (Å²) < 4.78 is 6.59. The predicted octanol–water partition coefficient (Wildman–Crippen LogP) is 2.32. The number of nitrogens with one attached hydrogen (secondary N) is 2. The van der Waals surface area contributed by atoms with Crippen molar-refractivity contribution in [2.24, 2.45) is 0 Å². The van der Waals surface area contributed by atoms with Crippen LogP contribution in [-0.2, 0) is 6.54 Å². The Kier molecular flexibility index (Phi) is 4.83. The largest absolute Gasteiger partial charge is 0.463 e. The lowest BCUT2D eigenvalue weighted by atomic mass is 10.1. The van der Waals surface area contributed by atoms with E-state index < -0.39 is 0 Å². The molecule has 0 aliphatic rings. The zero-order chi connectivity index (χ0) is 19.3. The number of benzene rings is 1. The van der Waals surface area contributed by atoms with E-state index in [4.69, 9.17) is 4.42 Å². The van der Waals surface area contributed by atoms with Gasteiger partial charge in [0.25, 0.3) is 11.5 Å². The first-order valence-corrected chi connectivity index (χ1v) is 8.72. The van der Waals surface area contributed by atoms with Gasteiger partial charge in [-0.1, -0.05) is 30.3 Å². The minimum atomic E-state index is -0.301. The Morgan fingerprint density at radius 3 is 2.71 bits per heavy atom. The zero-order valence-electron chi connectivity index (χ0n) is 14.8. The molecule has 1 amide bonds. The fourth-order valence-corrected chi connectivity index (χ4v) is 2.73. The minimum Gasteiger partial charge on any atom is -0.463 e. The van der Waals surface area contributed by atoms with Gasteiger partial charge in [-0.05, 0) is 24.3 Å². The highest BCUT2D eigenvalue weighted by Crippen LogP contribution is 2.17. The van der Waals surface area contributed by atoms with Crippen molar-refractivity contribution < 1.29 is 9.21 Å². The molecular formula is C20H17N5O3. The number of carbonyl (C=O) groups is 1. The quantitative estimate of drug-likeness (QED) is 0.538. The molecule has 2 N–H and O–H groups in total. The second-order valence-electron chi connectivity index (χ2n) is 6.05. The first-order chi connectivity index (χ1) is 13.7. The number of aromatic nitrogens is 4. The number of rotatable bonds is 6. The zero-order valence-corrected chi connectivity index (χ0v) is 14.8. The van der Waals surface area contributed by atoms with Crippen LogP contribution in [0.1, 0.15) is 10.5 Å². The monoisotopic (exact) mass is 375 g/mol. The first kappa shape index (κ1) is 17.5. The van der Waals surface area contributed by atoms with E-state index in [9.17, 15) is 9.59 Å². The topological polar surface area (TPSA) is 106 Å². The fourth-order valence-electron chi connectivity index (χ4n) is 2.73. The predicted molar refractivity (Wildman–Crippen MR) is 103 cm³/mol. The summed E-state index contributed by atoms with van der Waals surface area (Å²) in [6.07, 6.45) is 1.54. The molecule has 3 aromatic heterocycles. The minimum absolute atomic E-state index is 0.235. The highest BCUT2D eigenvalue weighted by molar-refractivity contribution is 5.93. The molecule has 0 aliphatic carbocycles. The molecule has 28 heavy (non-hydrogen) atoms. The average Bonchev–Trinajstić information content (AvgIpc) is 3.42. The van der Waals surface area contributed by atoms with E-state index in [0.29, 0.717) is 22.8 Å². The Labute approximate surface area is 159 Å². The normalized spacial score (nSPS) is 10.7. The number of furan rings is 1. The summed E-state index contributed by atoms with van der Waals surface area (Å²) in [5, 5.41) is 13.9. The van der Waals surface area contributed by atoms with Crippen molar-refractivity contribution in [1.82, 2.24) is 25.3 Å². The van der Waals surface area contributed by atoms with Crippen LogP contribution in [0.3, 0.4) is 0 Å². The third-order valence-corrected chi connectivity index (χ3v) is 4.14. The lowest BCUT2D eigenvalue weighted by Gasteiger charge is -2.07. The summed E-state index contributed by atoms with van der Waals surface area (Å²) >= 11 is 0. The summed E-state index contributed by atoms with van der Waals surface area (Å²) in [6.45, 7) is 0.478. The molecule has 0 radical (unpaired) electrons. The maximum Gasteiger partial charge on any atom is 0.269 e. The Morgan fingerprint density at radius 2 is 1.93 bits per heavy atom. The SMILES string of the molecule is O=C(NCCn1nc(-c2ccco2)ccc1=O)c1cc(-c2ccccc2)n[nH]1. The lowest BCUT2D eigenvalue weighted by Crippen LogP contribution is -2.32. The highest BCUT2D eigenvalue weighted by atomic mass is 16.3. The van der Waals surface area contributed by atoms with E-state index in [1.807, 2.05) is 30.3 Å². The highest BCUT2D eigenvalue weighted by Gasteiger charge is 2.11. The van der Waals surface area contributed by atoms with Gasteiger partial charge in [-0.3, -0.25) is 14.7 Å². The number of carbonyl (C=O) groups excluding carboxylic acids is 1. The molecule has 4 rings (SSSR count). The molecule has 0 atom stereocenters. The van der Waals surface area contributed by atoms with Crippen molar-refractivity contribution in [3.8, 4) is 22.7 Å². The van der Waals surface area contributed by atoms with Crippen molar-refractivity contribution in [2.75, 3.05) is 6.54 Å². The molecule has 8 heteroatoms. The van der Waals surface area contributed by atoms with Crippen molar-refractivity contribution in [3.05, 3.63) is 83.0 Å². The second kappa shape index (κ2) is 7.75. The summed E-state index contributed by atoms with van der Waals surface area (Å²) in [4.78, 5) is 24.3. The summed E-state index contributed by atoms with van der Waals surface area (Å²) in [7, 11) is 0. The van der Waals surface area contributed by atoms with Gasteiger partial charge in [0, 0.05) is 18.2 Å². The van der Waals surface area contributed by atoms with E-state index in [1.54, 1.807) is 30.5 Å². The molecular weight excluding hydrogens is 358 g/mol. The standard InChI is InChI=1S/C20H17N5O3/c26-19-9-8-15(18-7-4-12-28-18)24-25(19)11-10-21-20(27)17-13-16(22-23-17)14-5-2-1-3-6-14/h1-9,12-13H,10-11H2,(H,21,27)(H,22,23). The van der Waals surface area contributed by atoms with Crippen LogP contribution >= 0.6 is 0 Å². The molecule has 0 spiro atoms. The number of nitrogens with zero attached hydrogens (tertiary/aromatic N) is 3. The second-order valence-corrected chi connectivity index (χ2v) is 6.05. The average molecular weight is 375 g/mol. The van der Waals surface area contributed by atoms with E-state index in [2.05, 4.69) is 20.6 Å². The van der Waals surface area contributed by atoms with Crippen LogP contribution in [0.25, 0.3) is 22.7 Å². The molecule has 0 aliphatic heterocycles. The van der Waals surface area contributed by atoms with Crippen molar-refractivity contribution in [1.29, 1.82) is 0 Å². The first-order valence-electron chi connectivity index (χ1n) is 8.72. The maximum atomic E-state index is 12.3. The van der Waals surface area contributed by atoms with Gasteiger partial charge in [-0.25, -0.2) is 4.68 Å². The molecule has 140 valence electrons. The molecule has 1 aromatic carbocycles. The van der Waals surface area contributed by atoms with Gasteiger partial charge in [0.15, 0.2) is 5.76 Å². The maximum absolute atomic E-state index is 12.3. The molecule has 4 aromatic rings. The number of amides is 1. The number of hydrogen-bond donors (Lipinski definition) is 2. The van der Waals surface area contributed by atoms with Crippen LogP contribution in [0.4, 0.5) is 0 Å².